The summed E-state index contributed by atoms with van der Waals surface area (Å²) in [6.45, 7) is 9.17. The number of benzene rings is 7. The van der Waals surface area contributed by atoms with Crippen LogP contribution in [-0.4, -0.2) is 0 Å². The highest BCUT2D eigenvalue weighted by Gasteiger charge is 2.35. The molecule has 0 radical (unpaired) electrons. The highest BCUT2D eigenvalue weighted by Crippen LogP contribution is 2.49. The fraction of sp³-hybridized carbons (Fsp3) is 0.106. The van der Waals surface area contributed by atoms with Gasteiger partial charge in [-0.1, -0.05) is 147 Å². The van der Waals surface area contributed by atoms with E-state index < -0.39 is 0 Å². The van der Waals surface area contributed by atoms with Gasteiger partial charge in [0.2, 0.25) is 0 Å². The van der Waals surface area contributed by atoms with Crippen LogP contribution in [0.15, 0.2) is 168 Å². The zero-order valence-electron chi connectivity index (χ0n) is 27.9. The van der Waals surface area contributed by atoms with Crippen LogP contribution in [0.25, 0.3) is 55.6 Å². The van der Waals surface area contributed by atoms with Crippen LogP contribution >= 0.6 is 11.8 Å². The molecule has 0 atom stereocenters. The molecule has 7 aromatic rings. The third-order valence-electron chi connectivity index (χ3n) is 9.97. The largest absolute Gasteiger partial charge is 0.0895 e. The van der Waals surface area contributed by atoms with Crippen molar-refractivity contribution in [2.75, 3.05) is 0 Å². The Bertz CT molecular complexity index is 2240. The lowest BCUT2D eigenvalue weighted by Crippen LogP contribution is -2.14. The second kappa shape index (κ2) is 12.2. The number of rotatable bonds is 6. The number of hydrogen-bond donors (Lipinski definition) is 0. The molecule has 0 aromatic heterocycles. The fourth-order valence-electron chi connectivity index (χ4n) is 7.28. The smallest absolute Gasteiger partial charge is 0.0159 e. The van der Waals surface area contributed by atoms with Gasteiger partial charge >= 0.3 is 0 Å². The summed E-state index contributed by atoms with van der Waals surface area (Å²) in [7, 11) is 0. The van der Waals surface area contributed by atoms with E-state index in [-0.39, 0.29) is 5.41 Å². The Kier molecular flexibility index (Phi) is 7.66. The summed E-state index contributed by atoms with van der Waals surface area (Å²) in [5, 5.41) is 0. The molecule has 0 fully saturated rings. The maximum absolute atomic E-state index is 2.41. The molecular formula is C47H38S. The Morgan fingerprint density at radius 2 is 0.792 bits per heavy atom. The van der Waals surface area contributed by atoms with Gasteiger partial charge in [-0.05, 0) is 128 Å². The van der Waals surface area contributed by atoms with Gasteiger partial charge in [-0.15, -0.1) is 0 Å². The maximum atomic E-state index is 2.41. The SMILES string of the molecule is Cc1cc(-c2cc(-c3ccccc3)cc(-c3ccccc3)c2)ccc1Sc1ccc(-c2ccc3c(c2)C(C)(C)c2ccccc2-3)cc1C. The summed E-state index contributed by atoms with van der Waals surface area (Å²) in [4.78, 5) is 2.58. The Morgan fingerprint density at radius 3 is 1.35 bits per heavy atom. The average Bonchev–Trinajstić information content (AvgIpc) is 3.36. The first kappa shape index (κ1) is 30.2. The average molecular weight is 635 g/mol. The number of fused-ring (bicyclic) bond motifs is 3. The van der Waals surface area contributed by atoms with Crippen molar-refractivity contribution in [3.8, 4) is 55.6 Å². The molecule has 7 aromatic carbocycles. The van der Waals surface area contributed by atoms with E-state index in [4.69, 9.17) is 0 Å². The highest BCUT2D eigenvalue weighted by molar-refractivity contribution is 7.99. The van der Waals surface area contributed by atoms with Crippen molar-refractivity contribution in [2.24, 2.45) is 0 Å². The first-order valence-electron chi connectivity index (χ1n) is 16.8. The van der Waals surface area contributed by atoms with Gasteiger partial charge in [0.05, 0.1) is 0 Å². The Morgan fingerprint density at radius 1 is 0.354 bits per heavy atom. The second-order valence-electron chi connectivity index (χ2n) is 13.5. The van der Waals surface area contributed by atoms with Crippen molar-refractivity contribution in [3.63, 3.8) is 0 Å². The zero-order valence-corrected chi connectivity index (χ0v) is 28.7. The number of aryl methyl sites for hydroxylation is 2. The van der Waals surface area contributed by atoms with Crippen LogP contribution in [-0.2, 0) is 5.41 Å². The minimum atomic E-state index is 0.00242. The molecule has 0 saturated carbocycles. The van der Waals surface area contributed by atoms with Crippen molar-refractivity contribution in [2.45, 2.75) is 42.9 Å². The van der Waals surface area contributed by atoms with Crippen LogP contribution < -0.4 is 0 Å². The summed E-state index contributed by atoms with van der Waals surface area (Å²) in [5.74, 6) is 0. The molecule has 0 aliphatic heterocycles. The van der Waals surface area contributed by atoms with Crippen molar-refractivity contribution in [1.29, 1.82) is 0 Å². The molecule has 0 bridgehead atoms. The summed E-state index contributed by atoms with van der Waals surface area (Å²) in [5.41, 5.74) is 18.1. The lowest BCUT2D eigenvalue weighted by Gasteiger charge is -2.22. The van der Waals surface area contributed by atoms with Crippen LogP contribution in [0.1, 0.15) is 36.1 Å². The molecular weight excluding hydrogens is 597 g/mol. The fourth-order valence-corrected chi connectivity index (χ4v) is 8.23. The van der Waals surface area contributed by atoms with Crippen LogP contribution in [0.3, 0.4) is 0 Å². The summed E-state index contributed by atoms with van der Waals surface area (Å²) >= 11 is 1.86. The first-order chi connectivity index (χ1) is 23.3. The van der Waals surface area contributed by atoms with Gasteiger partial charge in [0.1, 0.15) is 0 Å². The molecule has 0 heterocycles. The lowest BCUT2D eigenvalue weighted by molar-refractivity contribution is 0.660. The monoisotopic (exact) mass is 634 g/mol. The molecule has 0 amide bonds. The van der Waals surface area contributed by atoms with E-state index in [2.05, 4.69) is 185 Å². The van der Waals surface area contributed by atoms with Crippen LogP contribution in [0.4, 0.5) is 0 Å². The van der Waals surface area contributed by atoms with Gasteiger partial charge < -0.3 is 0 Å². The van der Waals surface area contributed by atoms with E-state index in [0.29, 0.717) is 0 Å². The molecule has 1 heteroatoms. The zero-order chi connectivity index (χ0) is 32.8. The standard InChI is InChI=1S/C47H38S/c1-31-25-35(37-19-22-42-41-17-11-12-18-43(41)47(3,4)44(42)30-37)20-23-45(31)48-46-24-21-36(26-32(46)2)40-28-38(33-13-7-5-8-14-33)27-39(29-40)34-15-9-6-10-16-34/h5-30H,1-4H3. The van der Waals surface area contributed by atoms with Gasteiger partial charge in [0.25, 0.3) is 0 Å². The van der Waals surface area contributed by atoms with Gasteiger partial charge in [0, 0.05) is 15.2 Å². The second-order valence-corrected chi connectivity index (χ2v) is 14.6. The third kappa shape index (κ3) is 5.49. The Hall–Kier alpha value is -5.11. The Labute approximate surface area is 289 Å². The van der Waals surface area contributed by atoms with Crippen molar-refractivity contribution < 1.29 is 0 Å². The maximum Gasteiger partial charge on any atom is 0.0159 e. The molecule has 1 aliphatic carbocycles. The van der Waals surface area contributed by atoms with E-state index in [1.807, 2.05) is 11.8 Å². The van der Waals surface area contributed by atoms with Gasteiger partial charge in [-0.2, -0.15) is 0 Å². The van der Waals surface area contributed by atoms with E-state index in [1.165, 1.54) is 87.7 Å². The molecule has 0 unspecified atom stereocenters. The highest BCUT2D eigenvalue weighted by atomic mass is 32.2. The summed E-state index contributed by atoms with van der Waals surface area (Å²) in [6, 6.07) is 58.0. The van der Waals surface area contributed by atoms with Crippen molar-refractivity contribution in [3.05, 3.63) is 180 Å². The van der Waals surface area contributed by atoms with Gasteiger partial charge in [-0.25, -0.2) is 0 Å². The van der Waals surface area contributed by atoms with Crippen LogP contribution in [0, 0.1) is 13.8 Å². The molecule has 8 rings (SSSR count). The van der Waals surface area contributed by atoms with Gasteiger partial charge in [0.15, 0.2) is 0 Å². The Balaban J connectivity index is 1.08. The molecule has 0 spiro atoms. The lowest BCUT2D eigenvalue weighted by atomic mass is 9.81. The molecule has 0 nitrogen and oxygen atoms in total. The molecule has 48 heavy (non-hydrogen) atoms. The normalized spacial score (nSPS) is 12.8. The summed E-state index contributed by atoms with van der Waals surface area (Å²) in [6.07, 6.45) is 0. The minimum Gasteiger partial charge on any atom is -0.0895 e. The summed E-state index contributed by atoms with van der Waals surface area (Å²) < 4.78 is 0. The molecule has 0 saturated heterocycles. The quantitative estimate of drug-likeness (QED) is 0.175. The predicted octanol–water partition coefficient (Wildman–Crippen LogP) is 13.4. The molecule has 232 valence electrons. The van der Waals surface area contributed by atoms with Crippen LogP contribution in [0.5, 0.6) is 0 Å². The number of hydrogen-bond acceptors (Lipinski definition) is 1. The van der Waals surface area contributed by atoms with E-state index in [0.717, 1.165) is 0 Å². The third-order valence-corrected chi connectivity index (χ3v) is 11.3. The van der Waals surface area contributed by atoms with Gasteiger partial charge in [-0.3, -0.25) is 0 Å². The van der Waals surface area contributed by atoms with E-state index in [9.17, 15) is 0 Å². The van der Waals surface area contributed by atoms with E-state index >= 15 is 0 Å². The van der Waals surface area contributed by atoms with Crippen molar-refractivity contribution in [1.82, 2.24) is 0 Å². The van der Waals surface area contributed by atoms with Crippen molar-refractivity contribution >= 4 is 11.8 Å². The molecule has 1 aliphatic rings. The predicted molar refractivity (Wildman–Crippen MR) is 206 cm³/mol. The topological polar surface area (TPSA) is 0 Å². The minimum absolute atomic E-state index is 0.00242. The van der Waals surface area contributed by atoms with Crippen LogP contribution in [0.2, 0.25) is 0 Å². The first-order valence-corrected chi connectivity index (χ1v) is 17.6. The van der Waals surface area contributed by atoms with E-state index in [1.54, 1.807) is 0 Å². The molecule has 0 N–H and O–H groups in total.